The number of hydrogen-bond donors (Lipinski definition) is 1. The molecule has 0 spiro atoms. The van der Waals surface area contributed by atoms with Gasteiger partial charge >= 0.3 is 6.18 Å². The number of nitrogens with one attached hydrogen (secondary N) is 1. The smallest absolute Gasteiger partial charge is 0.350 e. The van der Waals surface area contributed by atoms with Gasteiger partial charge in [-0.3, -0.25) is 14.6 Å². The van der Waals surface area contributed by atoms with Gasteiger partial charge in [0.15, 0.2) is 11.5 Å². The predicted molar refractivity (Wildman–Crippen MR) is 120 cm³/mol. The molecule has 0 radical (unpaired) electrons. The summed E-state index contributed by atoms with van der Waals surface area (Å²) in [7, 11) is 1.47. The molecule has 4 rings (SSSR count). The van der Waals surface area contributed by atoms with Crippen LogP contribution < -0.4 is 15.1 Å². The first-order chi connectivity index (χ1) is 16.1. The molecule has 2 amide bonds. The van der Waals surface area contributed by atoms with Crippen LogP contribution in [0.2, 0.25) is 0 Å². The summed E-state index contributed by atoms with van der Waals surface area (Å²) in [4.78, 5) is 40.2. The number of nitrogens with zero attached hydrogens (tertiary/aromatic N) is 5. The lowest BCUT2D eigenvalue weighted by Crippen LogP contribution is -2.44. The number of carbonyl (C=O) groups is 2. The number of aromatic nitrogens is 3. The Morgan fingerprint density at radius 2 is 1.91 bits per heavy atom. The van der Waals surface area contributed by atoms with Crippen LogP contribution in [0.3, 0.4) is 0 Å². The van der Waals surface area contributed by atoms with Crippen molar-refractivity contribution in [2.45, 2.75) is 25.6 Å². The molecule has 1 atom stereocenters. The third-order valence-corrected chi connectivity index (χ3v) is 5.29. The van der Waals surface area contributed by atoms with E-state index >= 15 is 0 Å². The number of halogens is 3. The predicted octanol–water partition coefficient (Wildman–Crippen LogP) is 3.76. The molecule has 176 valence electrons. The number of likely N-dealkylation sites (N-methyl/N-ethyl adjacent to an activating group) is 1. The Morgan fingerprint density at radius 1 is 1.18 bits per heavy atom. The van der Waals surface area contributed by atoms with Crippen molar-refractivity contribution in [2.24, 2.45) is 0 Å². The third kappa shape index (κ3) is 4.82. The van der Waals surface area contributed by atoms with Gasteiger partial charge in [0.05, 0.1) is 17.9 Å². The van der Waals surface area contributed by atoms with E-state index in [0.29, 0.717) is 11.4 Å². The van der Waals surface area contributed by atoms with Crippen LogP contribution in [0.4, 0.5) is 30.4 Å². The van der Waals surface area contributed by atoms with Crippen LogP contribution in [0.5, 0.6) is 0 Å². The zero-order chi connectivity index (χ0) is 24.5. The lowest BCUT2D eigenvalue weighted by atomic mass is 10.1. The minimum absolute atomic E-state index is 0.0821. The van der Waals surface area contributed by atoms with Gasteiger partial charge in [-0.05, 0) is 31.2 Å². The molecular weight excluding hydrogens is 449 g/mol. The second-order valence-corrected chi connectivity index (χ2v) is 7.89. The summed E-state index contributed by atoms with van der Waals surface area (Å²) in [5.41, 5.74) is 0.0498. The Bertz CT molecular complexity index is 1220. The second-order valence-electron chi connectivity index (χ2n) is 7.89. The average Bonchev–Trinajstić information content (AvgIpc) is 2.92. The Labute approximate surface area is 193 Å². The van der Waals surface area contributed by atoms with Gasteiger partial charge < -0.3 is 15.1 Å². The third-order valence-electron chi connectivity index (χ3n) is 5.29. The molecule has 2 aromatic heterocycles. The number of para-hydroxylation sites is 2. The molecule has 0 fully saturated rings. The van der Waals surface area contributed by atoms with E-state index in [1.807, 2.05) is 0 Å². The number of benzene rings is 1. The number of rotatable bonds is 4. The molecule has 3 heterocycles. The van der Waals surface area contributed by atoms with Crippen molar-refractivity contribution in [2.75, 3.05) is 28.7 Å². The van der Waals surface area contributed by atoms with E-state index in [2.05, 4.69) is 20.3 Å². The van der Waals surface area contributed by atoms with Crippen LogP contribution in [0.15, 0.2) is 54.7 Å². The summed E-state index contributed by atoms with van der Waals surface area (Å²) in [5, 5.41) is 2.77. The highest BCUT2D eigenvalue weighted by Gasteiger charge is 2.35. The van der Waals surface area contributed by atoms with Crippen LogP contribution >= 0.6 is 0 Å². The number of fused-ring (bicyclic) bond motifs is 1. The minimum atomic E-state index is -4.71. The fourth-order valence-electron chi connectivity index (χ4n) is 3.71. The van der Waals surface area contributed by atoms with Gasteiger partial charge in [0, 0.05) is 31.8 Å². The van der Waals surface area contributed by atoms with Crippen molar-refractivity contribution < 1.29 is 22.8 Å². The Hall–Kier alpha value is -4.02. The summed E-state index contributed by atoms with van der Waals surface area (Å²) in [6.45, 7) is 1.47. The van der Waals surface area contributed by atoms with Crippen LogP contribution in [-0.2, 0) is 15.8 Å². The van der Waals surface area contributed by atoms with E-state index in [0.717, 1.165) is 6.07 Å². The molecule has 0 aliphatic carbocycles. The molecule has 11 heteroatoms. The van der Waals surface area contributed by atoms with Crippen molar-refractivity contribution in [3.63, 3.8) is 0 Å². The fraction of sp³-hybridized carbons (Fsp3) is 0.261. The van der Waals surface area contributed by atoms with E-state index in [-0.39, 0.29) is 36.2 Å². The normalized spacial score (nSPS) is 15.9. The highest BCUT2D eigenvalue weighted by atomic mass is 19.4. The van der Waals surface area contributed by atoms with Gasteiger partial charge in [0.25, 0.3) is 0 Å². The van der Waals surface area contributed by atoms with E-state index < -0.39 is 23.8 Å². The quantitative estimate of drug-likeness (QED) is 0.625. The summed E-state index contributed by atoms with van der Waals surface area (Å²) in [6, 6.07) is 12.0. The summed E-state index contributed by atoms with van der Waals surface area (Å²) in [5.74, 6) is -0.908. The zero-order valence-electron chi connectivity index (χ0n) is 18.4. The highest BCUT2D eigenvalue weighted by Crippen LogP contribution is 2.33. The number of alkyl halides is 3. The van der Waals surface area contributed by atoms with Gasteiger partial charge in [-0.25, -0.2) is 9.97 Å². The van der Waals surface area contributed by atoms with Crippen molar-refractivity contribution in [1.82, 2.24) is 15.0 Å². The molecule has 0 bridgehead atoms. The van der Waals surface area contributed by atoms with Gasteiger partial charge in [0.2, 0.25) is 11.8 Å². The number of amides is 2. The van der Waals surface area contributed by atoms with Gasteiger partial charge in [0.1, 0.15) is 11.5 Å². The Balaban J connectivity index is 1.67. The van der Waals surface area contributed by atoms with Crippen molar-refractivity contribution in [3.05, 3.63) is 60.4 Å². The largest absolute Gasteiger partial charge is 0.433 e. The van der Waals surface area contributed by atoms with E-state index in [9.17, 15) is 22.8 Å². The first-order valence-corrected chi connectivity index (χ1v) is 10.4. The average molecular weight is 470 g/mol. The molecule has 0 saturated heterocycles. The van der Waals surface area contributed by atoms with Crippen LogP contribution in [0.25, 0.3) is 11.5 Å². The van der Waals surface area contributed by atoms with Crippen LogP contribution in [0, 0.1) is 0 Å². The molecular formula is C23H21F3N6O2. The monoisotopic (exact) mass is 470 g/mol. The highest BCUT2D eigenvalue weighted by molar-refractivity contribution is 6.05. The SMILES string of the molecule is CC1CC(=O)Nc2ccccc2N1C(=O)CN(C)c1cc(C(F)(F)F)nc(-c2ccccn2)n1. The second kappa shape index (κ2) is 9.08. The molecule has 1 aliphatic heterocycles. The number of hydrogen-bond acceptors (Lipinski definition) is 6. The standard InChI is InChI=1S/C23H21F3N6O2/c1-14-11-20(33)28-15-7-3-4-9-17(15)32(14)21(34)13-31(2)19-12-18(23(24,25)26)29-22(30-19)16-8-5-6-10-27-16/h3-10,12,14H,11,13H2,1-2H3,(H,28,33). The number of pyridine rings is 1. The number of anilines is 3. The molecule has 8 nitrogen and oxygen atoms in total. The van der Waals surface area contributed by atoms with Gasteiger partial charge in [-0.1, -0.05) is 18.2 Å². The Morgan fingerprint density at radius 3 is 2.62 bits per heavy atom. The molecule has 3 aromatic rings. The molecule has 1 unspecified atom stereocenters. The van der Waals surface area contributed by atoms with Crippen molar-refractivity contribution >= 4 is 29.0 Å². The summed E-state index contributed by atoms with van der Waals surface area (Å²) < 4.78 is 40.6. The maximum Gasteiger partial charge on any atom is 0.433 e. The zero-order valence-corrected chi connectivity index (χ0v) is 18.4. The van der Waals surface area contributed by atoms with E-state index in [4.69, 9.17) is 0 Å². The lowest BCUT2D eigenvalue weighted by Gasteiger charge is -2.30. The first kappa shape index (κ1) is 23.1. The minimum Gasteiger partial charge on any atom is -0.350 e. The van der Waals surface area contributed by atoms with Crippen LogP contribution in [-0.4, -0.2) is 46.4 Å². The van der Waals surface area contributed by atoms with E-state index in [1.54, 1.807) is 43.3 Å². The van der Waals surface area contributed by atoms with Gasteiger partial charge in [-0.15, -0.1) is 0 Å². The lowest BCUT2D eigenvalue weighted by molar-refractivity contribution is -0.141. The van der Waals surface area contributed by atoms with Crippen LogP contribution in [0.1, 0.15) is 19.0 Å². The molecule has 1 aliphatic rings. The summed E-state index contributed by atoms with van der Waals surface area (Å²) >= 11 is 0. The fourth-order valence-corrected chi connectivity index (χ4v) is 3.71. The maximum absolute atomic E-state index is 13.5. The van der Waals surface area contributed by atoms with Crippen molar-refractivity contribution in [1.29, 1.82) is 0 Å². The Kier molecular flexibility index (Phi) is 6.18. The topological polar surface area (TPSA) is 91.3 Å². The summed E-state index contributed by atoms with van der Waals surface area (Å²) in [6.07, 6.45) is -3.20. The van der Waals surface area contributed by atoms with E-state index in [1.165, 1.54) is 29.1 Å². The molecule has 1 N–H and O–H groups in total. The van der Waals surface area contributed by atoms with Gasteiger partial charge in [-0.2, -0.15) is 13.2 Å². The first-order valence-electron chi connectivity index (χ1n) is 10.4. The maximum atomic E-state index is 13.5. The molecule has 0 saturated carbocycles. The van der Waals surface area contributed by atoms with Crippen molar-refractivity contribution in [3.8, 4) is 11.5 Å². The number of carbonyl (C=O) groups excluding carboxylic acids is 2. The molecule has 34 heavy (non-hydrogen) atoms. The molecule has 1 aromatic carbocycles.